The molecule has 0 aromatic heterocycles. The summed E-state index contributed by atoms with van der Waals surface area (Å²) in [6.45, 7) is 2.04. The van der Waals surface area contributed by atoms with Gasteiger partial charge in [0.15, 0.2) is 0 Å². The molecule has 0 bridgehead atoms. The molecule has 1 amide bonds. The zero-order valence-corrected chi connectivity index (χ0v) is 16.6. The topological polar surface area (TPSA) is 110 Å². The Morgan fingerprint density at radius 1 is 1.18 bits per heavy atom. The first-order valence-electron chi connectivity index (χ1n) is 8.79. The van der Waals surface area contributed by atoms with E-state index in [2.05, 4.69) is 5.32 Å². The number of carbonyl (C=O) groups excluding carboxylic acids is 1. The van der Waals surface area contributed by atoms with Gasteiger partial charge in [-0.2, -0.15) is 0 Å². The number of nitrogens with one attached hydrogen (secondary N) is 1. The van der Waals surface area contributed by atoms with Crippen LogP contribution >= 0.6 is 0 Å². The summed E-state index contributed by atoms with van der Waals surface area (Å²) in [5.41, 5.74) is 0.891. The van der Waals surface area contributed by atoms with Crippen molar-refractivity contribution in [2.75, 3.05) is 17.1 Å². The van der Waals surface area contributed by atoms with Gasteiger partial charge in [-0.05, 0) is 24.5 Å². The Balaban J connectivity index is 2.21. The van der Waals surface area contributed by atoms with Gasteiger partial charge in [-0.15, -0.1) is 0 Å². The van der Waals surface area contributed by atoms with Gasteiger partial charge in [0.25, 0.3) is 5.69 Å². The minimum atomic E-state index is -3.84. The van der Waals surface area contributed by atoms with Crippen molar-refractivity contribution in [3.8, 4) is 0 Å². The van der Waals surface area contributed by atoms with Crippen LogP contribution in [0.5, 0.6) is 0 Å². The van der Waals surface area contributed by atoms with Crippen molar-refractivity contribution in [3.05, 3.63) is 70.3 Å². The van der Waals surface area contributed by atoms with E-state index in [9.17, 15) is 23.3 Å². The van der Waals surface area contributed by atoms with E-state index in [1.807, 2.05) is 30.3 Å². The van der Waals surface area contributed by atoms with Crippen molar-refractivity contribution in [1.29, 1.82) is 0 Å². The molecule has 0 aliphatic rings. The Hall–Kier alpha value is -2.94. The molecule has 2 aromatic rings. The molecule has 8 nitrogen and oxygen atoms in total. The third kappa shape index (κ3) is 5.53. The van der Waals surface area contributed by atoms with Gasteiger partial charge in [-0.1, -0.05) is 43.3 Å². The van der Waals surface area contributed by atoms with E-state index >= 15 is 0 Å². The molecule has 0 spiro atoms. The number of nitro groups is 1. The lowest BCUT2D eigenvalue weighted by Gasteiger charge is -2.30. The molecule has 1 unspecified atom stereocenters. The number of benzene rings is 2. The van der Waals surface area contributed by atoms with E-state index in [0.29, 0.717) is 13.0 Å². The zero-order valence-electron chi connectivity index (χ0n) is 15.7. The van der Waals surface area contributed by atoms with Crippen LogP contribution < -0.4 is 9.62 Å². The van der Waals surface area contributed by atoms with Crippen molar-refractivity contribution in [3.63, 3.8) is 0 Å². The van der Waals surface area contributed by atoms with Crippen LogP contribution in [0.2, 0.25) is 0 Å². The fraction of sp³-hybridized carbons (Fsp3) is 0.316. The summed E-state index contributed by atoms with van der Waals surface area (Å²) in [7, 11) is -3.84. The van der Waals surface area contributed by atoms with Gasteiger partial charge in [0.1, 0.15) is 6.04 Å². The van der Waals surface area contributed by atoms with Gasteiger partial charge in [-0.3, -0.25) is 19.2 Å². The Morgan fingerprint density at radius 2 is 1.86 bits per heavy atom. The van der Waals surface area contributed by atoms with E-state index < -0.39 is 26.9 Å². The van der Waals surface area contributed by atoms with Gasteiger partial charge in [0.2, 0.25) is 15.9 Å². The Labute approximate surface area is 164 Å². The molecule has 0 radical (unpaired) electrons. The second kappa shape index (κ2) is 9.32. The molecule has 9 heteroatoms. The van der Waals surface area contributed by atoms with Crippen molar-refractivity contribution in [2.45, 2.75) is 25.8 Å². The monoisotopic (exact) mass is 405 g/mol. The predicted octanol–water partition coefficient (Wildman–Crippen LogP) is 2.50. The fourth-order valence-electron chi connectivity index (χ4n) is 2.90. The SMILES string of the molecule is CCC(C(=O)NCCc1ccccc1)N(c1cccc([N+](=O)[O-])c1)S(C)(=O)=O. The lowest BCUT2D eigenvalue weighted by molar-refractivity contribution is -0.384. The third-order valence-corrected chi connectivity index (χ3v) is 5.36. The summed E-state index contributed by atoms with van der Waals surface area (Å²) < 4.78 is 25.7. The molecule has 0 saturated heterocycles. The molecule has 0 heterocycles. The first-order chi connectivity index (χ1) is 13.2. The van der Waals surface area contributed by atoms with Crippen LogP contribution in [0, 0.1) is 10.1 Å². The standard InChI is InChI=1S/C19H23N3O5S/c1-3-18(19(23)20-13-12-15-8-5-4-6-9-15)21(28(2,26)27)16-10-7-11-17(14-16)22(24)25/h4-11,14,18H,3,12-13H2,1-2H3,(H,20,23). The summed E-state index contributed by atoms with van der Waals surface area (Å²) in [6.07, 6.45) is 1.80. The minimum absolute atomic E-state index is 0.0850. The van der Waals surface area contributed by atoms with E-state index in [1.54, 1.807) is 6.92 Å². The average molecular weight is 405 g/mol. The molecule has 0 aliphatic carbocycles. The van der Waals surface area contributed by atoms with Crippen LogP contribution in [0.4, 0.5) is 11.4 Å². The lowest BCUT2D eigenvalue weighted by atomic mass is 10.1. The molecule has 0 saturated carbocycles. The van der Waals surface area contributed by atoms with Crippen LogP contribution in [0.15, 0.2) is 54.6 Å². The summed E-state index contributed by atoms with van der Waals surface area (Å²) in [4.78, 5) is 23.1. The largest absolute Gasteiger partial charge is 0.354 e. The summed E-state index contributed by atoms with van der Waals surface area (Å²) in [6, 6.07) is 13.8. The van der Waals surface area contributed by atoms with E-state index in [0.717, 1.165) is 22.2 Å². The normalized spacial score (nSPS) is 12.2. The maximum atomic E-state index is 12.7. The first kappa shape index (κ1) is 21.4. The summed E-state index contributed by atoms with van der Waals surface area (Å²) in [5.74, 6) is -0.449. The van der Waals surface area contributed by atoms with Crippen molar-refractivity contribution in [1.82, 2.24) is 5.32 Å². The summed E-state index contributed by atoms with van der Waals surface area (Å²) in [5, 5.41) is 13.8. The average Bonchev–Trinajstić information content (AvgIpc) is 2.65. The molecule has 0 fully saturated rings. The highest BCUT2D eigenvalue weighted by atomic mass is 32.2. The molecule has 1 N–H and O–H groups in total. The molecule has 1 atom stereocenters. The first-order valence-corrected chi connectivity index (χ1v) is 10.6. The highest BCUT2D eigenvalue weighted by Crippen LogP contribution is 2.26. The van der Waals surface area contributed by atoms with Crippen molar-refractivity contribution >= 4 is 27.3 Å². The second-order valence-corrected chi connectivity index (χ2v) is 8.15. The zero-order chi connectivity index (χ0) is 20.7. The van der Waals surface area contributed by atoms with Gasteiger partial charge in [0, 0.05) is 18.7 Å². The number of carbonyl (C=O) groups is 1. The fourth-order valence-corrected chi connectivity index (χ4v) is 4.10. The van der Waals surface area contributed by atoms with Gasteiger partial charge in [-0.25, -0.2) is 8.42 Å². The molecular weight excluding hydrogens is 382 g/mol. The van der Waals surface area contributed by atoms with Gasteiger partial charge in [0.05, 0.1) is 16.9 Å². The van der Waals surface area contributed by atoms with Gasteiger partial charge >= 0.3 is 0 Å². The number of anilines is 1. The van der Waals surface area contributed by atoms with Crippen molar-refractivity contribution in [2.24, 2.45) is 0 Å². The number of rotatable bonds is 9. The van der Waals surface area contributed by atoms with Crippen LogP contribution in [0.3, 0.4) is 0 Å². The smallest absolute Gasteiger partial charge is 0.271 e. The molecule has 28 heavy (non-hydrogen) atoms. The Morgan fingerprint density at radius 3 is 2.43 bits per heavy atom. The number of hydrogen-bond acceptors (Lipinski definition) is 5. The number of amides is 1. The maximum absolute atomic E-state index is 12.7. The van der Waals surface area contributed by atoms with Crippen LogP contribution in [-0.2, 0) is 21.2 Å². The molecule has 150 valence electrons. The van der Waals surface area contributed by atoms with Crippen LogP contribution in [0.25, 0.3) is 0 Å². The van der Waals surface area contributed by atoms with Crippen LogP contribution in [-0.4, -0.2) is 38.1 Å². The predicted molar refractivity (Wildman–Crippen MR) is 108 cm³/mol. The second-order valence-electron chi connectivity index (χ2n) is 6.29. The molecular formula is C19H23N3O5S. The quantitative estimate of drug-likeness (QED) is 0.509. The van der Waals surface area contributed by atoms with E-state index in [1.165, 1.54) is 18.2 Å². The molecule has 2 aromatic carbocycles. The number of hydrogen-bond donors (Lipinski definition) is 1. The Bertz CT molecular complexity index is 932. The number of nitro benzene ring substituents is 1. The number of non-ortho nitro benzene ring substituents is 1. The van der Waals surface area contributed by atoms with Crippen LogP contribution in [0.1, 0.15) is 18.9 Å². The van der Waals surface area contributed by atoms with Gasteiger partial charge < -0.3 is 5.32 Å². The number of sulfonamides is 1. The number of nitrogens with zero attached hydrogens (tertiary/aromatic N) is 2. The Kier molecular flexibility index (Phi) is 7.11. The molecule has 0 aliphatic heterocycles. The molecule has 2 rings (SSSR count). The lowest BCUT2D eigenvalue weighted by Crippen LogP contribution is -2.49. The van der Waals surface area contributed by atoms with E-state index in [4.69, 9.17) is 0 Å². The van der Waals surface area contributed by atoms with Crippen molar-refractivity contribution < 1.29 is 18.1 Å². The minimum Gasteiger partial charge on any atom is -0.354 e. The summed E-state index contributed by atoms with van der Waals surface area (Å²) >= 11 is 0. The van der Waals surface area contributed by atoms with E-state index in [-0.39, 0.29) is 17.8 Å². The highest BCUT2D eigenvalue weighted by Gasteiger charge is 2.32. The maximum Gasteiger partial charge on any atom is 0.271 e. The highest BCUT2D eigenvalue weighted by molar-refractivity contribution is 7.92. The third-order valence-electron chi connectivity index (χ3n) is 4.18.